The first-order chi connectivity index (χ1) is 16.1. The van der Waals surface area contributed by atoms with E-state index >= 15 is 0 Å². The number of fused-ring (bicyclic) bond motifs is 1. The van der Waals surface area contributed by atoms with Crippen LogP contribution in [0.3, 0.4) is 0 Å². The molecule has 1 amide bonds. The molecule has 1 saturated carbocycles. The normalized spacial score (nSPS) is 20.1. The maximum absolute atomic E-state index is 12.9. The summed E-state index contributed by atoms with van der Waals surface area (Å²) in [6.45, 7) is 1.67. The maximum atomic E-state index is 12.9. The highest BCUT2D eigenvalue weighted by Crippen LogP contribution is 2.51. The van der Waals surface area contributed by atoms with Gasteiger partial charge in [0.15, 0.2) is 11.5 Å². The number of hydrogen-bond donors (Lipinski definition) is 1. The Bertz CT molecular complexity index is 1090. The number of rotatable bonds is 8. The fraction of sp³-hybridized carbons (Fsp3) is 0.440. The van der Waals surface area contributed by atoms with Gasteiger partial charge in [0.2, 0.25) is 5.75 Å². The largest absolute Gasteiger partial charge is 0.493 e. The summed E-state index contributed by atoms with van der Waals surface area (Å²) >= 11 is 0. The van der Waals surface area contributed by atoms with Gasteiger partial charge in [-0.1, -0.05) is 12.1 Å². The van der Waals surface area contributed by atoms with Crippen LogP contribution < -0.4 is 19.5 Å². The van der Waals surface area contributed by atoms with Crippen LogP contribution in [0.4, 0.5) is 0 Å². The average Bonchev–Trinajstić information content (AvgIpc) is 3.28. The van der Waals surface area contributed by atoms with Crippen LogP contribution in [0.15, 0.2) is 30.3 Å². The van der Waals surface area contributed by atoms with Gasteiger partial charge in [0.1, 0.15) is 18.1 Å². The molecular weight excluding hydrogens is 426 g/mol. The summed E-state index contributed by atoms with van der Waals surface area (Å²) < 4.78 is 28.4. The Morgan fingerprint density at radius 3 is 2.61 bits per heavy atom. The fourth-order valence-electron chi connectivity index (χ4n) is 4.41. The highest BCUT2D eigenvalue weighted by Gasteiger charge is 2.53. The van der Waals surface area contributed by atoms with Crippen LogP contribution in [0.2, 0.25) is 0 Å². The van der Waals surface area contributed by atoms with Gasteiger partial charge in [-0.25, -0.2) is 0 Å². The number of benzene rings is 2. The number of ether oxygens (including phenoxy) is 5. The van der Waals surface area contributed by atoms with Crippen LogP contribution in [-0.4, -0.2) is 52.0 Å². The molecule has 1 saturated heterocycles. The van der Waals surface area contributed by atoms with Gasteiger partial charge in [-0.15, -0.1) is 0 Å². The van der Waals surface area contributed by atoms with Gasteiger partial charge in [0.25, 0.3) is 5.91 Å². The maximum Gasteiger partial charge on any atom is 0.315 e. The third kappa shape index (κ3) is 3.88. The first-order valence-electron chi connectivity index (χ1n) is 11.1. The van der Waals surface area contributed by atoms with Crippen LogP contribution >= 0.6 is 0 Å². The summed E-state index contributed by atoms with van der Waals surface area (Å²) in [6.07, 6.45) is 1.96. The Morgan fingerprint density at radius 1 is 1.09 bits per heavy atom. The van der Waals surface area contributed by atoms with Gasteiger partial charge in [0.05, 0.1) is 27.4 Å². The van der Waals surface area contributed by atoms with Gasteiger partial charge in [-0.2, -0.15) is 0 Å². The third-order valence-electron chi connectivity index (χ3n) is 6.58. The summed E-state index contributed by atoms with van der Waals surface area (Å²) in [5, 5.41) is 2.87. The number of methoxy groups -OCH3 is 2. The van der Waals surface area contributed by atoms with Gasteiger partial charge in [0, 0.05) is 24.1 Å². The molecule has 0 aromatic heterocycles. The van der Waals surface area contributed by atoms with Crippen molar-refractivity contribution in [2.75, 3.05) is 34.0 Å². The molecule has 8 heteroatoms. The van der Waals surface area contributed by atoms with Gasteiger partial charge >= 0.3 is 5.97 Å². The van der Waals surface area contributed by atoms with Crippen molar-refractivity contribution in [3.05, 3.63) is 41.5 Å². The lowest BCUT2D eigenvalue weighted by Crippen LogP contribution is -2.30. The van der Waals surface area contributed by atoms with Crippen LogP contribution in [0.1, 0.15) is 35.2 Å². The molecule has 2 fully saturated rings. The molecule has 5 rings (SSSR count). The van der Waals surface area contributed by atoms with E-state index < -0.39 is 5.41 Å². The minimum absolute atomic E-state index is 0.0923. The van der Waals surface area contributed by atoms with Crippen molar-refractivity contribution in [2.45, 2.75) is 31.9 Å². The molecular formula is C25H27NO7. The number of hydrogen-bond acceptors (Lipinski definition) is 7. The minimum atomic E-state index is -0.663. The molecule has 174 valence electrons. The molecule has 1 unspecified atom stereocenters. The zero-order valence-corrected chi connectivity index (χ0v) is 18.8. The standard InChI is InChI=1S/C25H27NO7/c1-29-20-7-6-17(16-4-3-5-18-19(16)12-26-23(18)27)21(22(20)30-2)32-14-25(9-10-25)24(28)33-15-8-11-31-13-15/h3-7,15H,8-14H2,1-2H3,(H,26,27). The van der Waals surface area contributed by atoms with Crippen molar-refractivity contribution in [1.29, 1.82) is 0 Å². The fourth-order valence-corrected chi connectivity index (χ4v) is 4.41. The quantitative estimate of drug-likeness (QED) is 0.614. The molecule has 2 heterocycles. The Morgan fingerprint density at radius 2 is 1.91 bits per heavy atom. The van der Waals surface area contributed by atoms with E-state index in [2.05, 4.69) is 5.32 Å². The smallest absolute Gasteiger partial charge is 0.315 e. The first kappa shape index (κ1) is 21.6. The molecule has 1 N–H and O–H groups in total. The van der Waals surface area contributed by atoms with Gasteiger partial charge in [-0.05, 0) is 42.2 Å². The van der Waals surface area contributed by atoms with E-state index in [1.165, 1.54) is 0 Å². The third-order valence-corrected chi connectivity index (χ3v) is 6.58. The topological polar surface area (TPSA) is 92.3 Å². The van der Waals surface area contributed by atoms with E-state index in [4.69, 9.17) is 23.7 Å². The van der Waals surface area contributed by atoms with E-state index in [1.807, 2.05) is 30.3 Å². The summed E-state index contributed by atoms with van der Waals surface area (Å²) in [7, 11) is 3.11. The highest BCUT2D eigenvalue weighted by atomic mass is 16.6. The van der Waals surface area contributed by atoms with Crippen molar-refractivity contribution >= 4 is 11.9 Å². The van der Waals surface area contributed by atoms with Gasteiger partial charge < -0.3 is 29.0 Å². The monoisotopic (exact) mass is 453 g/mol. The SMILES string of the molecule is COc1ccc(-c2cccc3c2CNC3=O)c(OCC2(C(=O)OC3CCOC3)CC2)c1OC. The predicted octanol–water partition coefficient (Wildman–Crippen LogP) is 3.11. The molecule has 0 radical (unpaired) electrons. The molecule has 2 aromatic carbocycles. The Labute approximate surface area is 192 Å². The summed E-state index contributed by atoms with van der Waals surface area (Å²) in [6, 6.07) is 9.32. The average molecular weight is 453 g/mol. The van der Waals surface area contributed by atoms with E-state index in [9.17, 15) is 9.59 Å². The van der Waals surface area contributed by atoms with Crippen molar-refractivity contribution < 1.29 is 33.3 Å². The molecule has 1 atom stereocenters. The molecule has 2 aliphatic heterocycles. The molecule has 0 bridgehead atoms. The van der Waals surface area contributed by atoms with Crippen molar-refractivity contribution in [3.8, 4) is 28.4 Å². The zero-order valence-electron chi connectivity index (χ0n) is 18.8. The second kappa shape index (κ2) is 8.59. The van der Waals surface area contributed by atoms with Crippen LogP contribution in [0, 0.1) is 5.41 Å². The number of carbonyl (C=O) groups excluding carboxylic acids is 2. The van der Waals surface area contributed by atoms with Crippen molar-refractivity contribution in [3.63, 3.8) is 0 Å². The number of amides is 1. The van der Waals surface area contributed by atoms with Crippen LogP contribution in [-0.2, 0) is 20.8 Å². The number of esters is 1. The summed E-state index contributed by atoms with van der Waals surface area (Å²) in [5.74, 6) is 1.11. The lowest BCUT2D eigenvalue weighted by molar-refractivity contribution is -0.157. The first-order valence-corrected chi connectivity index (χ1v) is 11.1. The number of nitrogens with one attached hydrogen (secondary N) is 1. The second-order valence-electron chi connectivity index (χ2n) is 8.65. The van der Waals surface area contributed by atoms with Crippen LogP contribution in [0.5, 0.6) is 17.2 Å². The predicted molar refractivity (Wildman–Crippen MR) is 119 cm³/mol. The molecule has 33 heavy (non-hydrogen) atoms. The molecule has 8 nitrogen and oxygen atoms in total. The summed E-state index contributed by atoms with van der Waals surface area (Å²) in [5.41, 5.74) is 2.53. The lowest BCUT2D eigenvalue weighted by atomic mass is 9.95. The molecule has 0 spiro atoms. The highest BCUT2D eigenvalue weighted by molar-refractivity contribution is 6.01. The lowest BCUT2D eigenvalue weighted by Gasteiger charge is -2.22. The Hall–Kier alpha value is -3.26. The summed E-state index contributed by atoms with van der Waals surface area (Å²) in [4.78, 5) is 25.1. The molecule has 1 aliphatic carbocycles. The van der Waals surface area contributed by atoms with Gasteiger partial charge in [-0.3, -0.25) is 9.59 Å². The van der Waals surface area contributed by atoms with E-state index in [1.54, 1.807) is 14.2 Å². The second-order valence-corrected chi connectivity index (χ2v) is 8.65. The molecule has 2 aromatic rings. The van der Waals surface area contributed by atoms with Crippen LogP contribution in [0.25, 0.3) is 11.1 Å². The number of carbonyl (C=O) groups is 2. The van der Waals surface area contributed by atoms with Crippen molar-refractivity contribution in [1.82, 2.24) is 5.32 Å². The minimum Gasteiger partial charge on any atom is -0.493 e. The van der Waals surface area contributed by atoms with Crippen molar-refractivity contribution in [2.24, 2.45) is 5.41 Å². The Kier molecular flexibility index (Phi) is 5.62. The Balaban J connectivity index is 1.47. The van der Waals surface area contributed by atoms with E-state index in [0.717, 1.165) is 23.1 Å². The zero-order chi connectivity index (χ0) is 23.0. The van der Waals surface area contributed by atoms with E-state index in [-0.39, 0.29) is 24.6 Å². The molecule has 3 aliphatic rings. The van der Waals surface area contributed by atoms with E-state index in [0.29, 0.717) is 55.4 Å².